The number of carbonyl (C=O) groups excluding carboxylic acids is 1. The van der Waals surface area contributed by atoms with Gasteiger partial charge in [-0.15, -0.1) is 0 Å². The number of nitriles is 1. The van der Waals surface area contributed by atoms with Gasteiger partial charge in [0.2, 0.25) is 0 Å². The zero-order valence-electron chi connectivity index (χ0n) is 9.06. The van der Waals surface area contributed by atoms with Gasteiger partial charge in [0.25, 0.3) is 5.91 Å². The van der Waals surface area contributed by atoms with Gasteiger partial charge in [0, 0.05) is 6.04 Å². The van der Waals surface area contributed by atoms with Crippen LogP contribution in [0.4, 0.5) is 0 Å². The molecule has 2 atom stereocenters. The summed E-state index contributed by atoms with van der Waals surface area (Å²) in [6.07, 6.45) is 5.36. The molecule has 88 valence electrons. The van der Waals surface area contributed by atoms with Crippen LogP contribution in [0.25, 0.3) is 0 Å². The van der Waals surface area contributed by atoms with Crippen LogP contribution >= 0.6 is 11.6 Å². The van der Waals surface area contributed by atoms with Gasteiger partial charge in [0.05, 0.1) is 24.4 Å². The van der Waals surface area contributed by atoms with Crippen LogP contribution in [0.2, 0.25) is 5.15 Å². The van der Waals surface area contributed by atoms with E-state index in [2.05, 4.69) is 21.4 Å². The summed E-state index contributed by atoms with van der Waals surface area (Å²) < 4.78 is 0. The second-order valence-electron chi connectivity index (χ2n) is 3.97. The zero-order valence-corrected chi connectivity index (χ0v) is 9.81. The van der Waals surface area contributed by atoms with E-state index < -0.39 is 0 Å². The molecule has 0 radical (unpaired) electrons. The second-order valence-corrected chi connectivity index (χ2v) is 4.36. The monoisotopic (exact) mass is 250 g/mol. The molecule has 1 aliphatic rings. The highest BCUT2D eigenvalue weighted by atomic mass is 35.5. The van der Waals surface area contributed by atoms with Crippen molar-refractivity contribution in [3.05, 3.63) is 23.2 Å². The molecule has 6 heteroatoms. The van der Waals surface area contributed by atoms with Crippen molar-refractivity contribution in [2.24, 2.45) is 5.92 Å². The lowest BCUT2D eigenvalue weighted by atomic mass is 10.1. The van der Waals surface area contributed by atoms with E-state index in [1.54, 1.807) is 0 Å². The Morgan fingerprint density at radius 1 is 1.53 bits per heavy atom. The van der Waals surface area contributed by atoms with Crippen molar-refractivity contribution in [3.63, 3.8) is 0 Å². The first-order valence-corrected chi connectivity index (χ1v) is 5.76. The Balaban J connectivity index is 2.05. The molecule has 1 fully saturated rings. The van der Waals surface area contributed by atoms with Crippen LogP contribution in [0, 0.1) is 17.2 Å². The molecular formula is C11H11ClN4O. The lowest BCUT2D eigenvalue weighted by Crippen LogP contribution is -2.37. The Hall–Kier alpha value is -1.67. The molecule has 0 saturated heterocycles. The molecule has 17 heavy (non-hydrogen) atoms. The Morgan fingerprint density at radius 3 is 3.06 bits per heavy atom. The Labute approximate surface area is 104 Å². The summed E-state index contributed by atoms with van der Waals surface area (Å²) in [5, 5.41) is 11.9. The van der Waals surface area contributed by atoms with E-state index in [1.807, 2.05) is 0 Å². The van der Waals surface area contributed by atoms with Crippen molar-refractivity contribution in [3.8, 4) is 6.07 Å². The Bertz CT molecular complexity index is 471. The van der Waals surface area contributed by atoms with Crippen LogP contribution in [0.1, 0.15) is 29.8 Å². The fourth-order valence-electron chi connectivity index (χ4n) is 1.98. The minimum absolute atomic E-state index is 0.0896. The standard InChI is InChI=1S/C11H11ClN4O/c12-10-6-14-5-9(15-10)11(17)16-8-3-1-2-7(8)4-13/h5-8H,1-3H2,(H,16,17). The van der Waals surface area contributed by atoms with Gasteiger partial charge in [-0.2, -0.15) is 5.26 Å². The molecule has 1 aromatic heterocycles. The van der Waals surface area contributed by atoms with Crippen molar-refractivity contribution in [1.82, 2.24) is 15.3 Å². The van der Waals surface area contributed by atoms with E-state index in [0.717, 1.165) is 19.3 Å². The number of amides is 1. The molecule has 2 rings (SSSR count). The number of nitrogens with one attached hydrogen (secondary N) is 1. The van der Waals surface area contributed by atoms with E-state index in [4.69, 9.17) is 16.9 Å². The van der Waals surface area contributed by atoms with Crippen LogP contribution in [0.5, 0.6) is 0 Å². The first kappa shape index (κ1) is 11.8. The summed E-state index contributed by atoms with van der Waals surface area (Å²) in [4.78, 5) is 19.5. The number of hydrogen-bond donors (Lipinski definition) is 1. The second kappa shape index (κ2) is 5.11. The molecule has 2 unspecified atom stereocenters. The summed E-state index contributed by atoms with van der Waals surface area (Å²) in [6.45, 7) is 0. The maximum absolute atomic E-state index is 11.8. The van der Waals surface area contributed by atoms with Gasteiger partial charge in [-0.25, -0.2) is 4.98 Å². The number of hydrogen-bond acceptors (Lipinski definition) is 4. The molecule has 1 amide bonds. The normalized spacial score (nSPS) is 23.1. The zero-order chi connectivity index (χ0) is 12.3. The minimum atomic E-state index is -0.327. The highest BCUT2D eigenvalue weighted by Gasteiger charge is 2.28. The molecule has 0 bridgehead atoms. The summed E-state index contributed by atoms with van der Waals surface area (Å²) in [5.74, 6) is -0.432. The fourth-order valence-corrected chi connectivity index (χ4v) is 2.13. The summed E-state index contributed by atoms with van der Waals surface area (Å²) in [5.41, 5.74) is 0.182. The number of aromatic nitrogens is 2. The van der Waals surface area contributed by atoms with Gasteiger partial charge in [0.15, 0.2) is 0 Å². The van der Waals surface area contributed by atoms with E-state index in [0.29, 0.717) is 0 Å². The number of rotatable bonds is 2. The Kier molecular flexibility index (Phi) is 3.55. The van der Waals surface area contributed by atoms with Gasteiger partial charge < -0.3 is 5.32 Å². The van der Waals surface area contributed by atoms with Crippen molar-refractivity contribution in [2.45, 2.75) is 25.3 Å². The third kappa shape index (κ3) is 2.71. The van der Waals surface area contributed by atoms with E-state index in [1.165, 1.54) is 12.4 Å². The average molecular weight is 251 g/mol. The SMILES string of the molecule is N#CC1CCCC1NC(=O)c1cncc(Cl)n1. The molecule has 0 aromatic carbocycles. The summed E-state index contributed by atoms with van der Waals surface area (Å²) in [7, 11) is 0. The predicted octanol–water partition coefficient (Wildman–Crippen LogP) is 1.55. The third-order valence-electron chi connectivity index (χ3n) is 2.84. The molecule has 5 nitrogen and oxygen atoms in total. The first-order chi connectivity index (χ1) is 8.20. The van der Waals surface area contributed by atoms with Crippen LogP contribution in [-0.2, 0) is 0 Å². The predicted molar refractivity (Wildman–Crippen MR) is 61.3 cm³/mol. The van der Waals surface area contributed by atoms with Gasteiger partial charge >= 0.3 is 0 Å². The van der Waals surface area contributed by atoms with Crippen molar-refractivity contribution < 1.29 is 4.79 Å². The molecule has 1 heterocycles. The molecule has 0 spiro atoms. The van der Waals surface area contributed by atoms with Crippen LogP contribution in [-0.4, -0.2) is 21.9 Å². The summed E-state index contributed by atoms with van der Waals surface area (Å²) >= 11 is 5.66. The van der Waals surface area contributed by atoms with Crippen molar-refractivity contribution in [1.29, 1.82) is 5.26 Å². The van der Waals surface area contributed by atoms with Gasteiger partial charge in [-0.1, -0.05) is 11.6 Å². The highest BCUT2D eigenvalue weighted by molar-refractivity contribution is 6.29. The van der Waals surface area contributed by atoms with Crippen molar-refractivity contribution in [2.75, 3.05) is 0 Å². The van der Waals surface area contributed by atoms with Crippen molar-refractivity contribution >= 4 is 17.5 Å². The lowest BCUT2D eigenvalue weighted by Gasteiger charge is -2.14. The van der Waals surface area contributed by atoms with Crippen LogP contribution < -0.4 is 5.32 Å². The molecule has 0 aliphatic heterocycles. The van der Waals surface area contributed by atoms with Gasteiger partial charge in [0.1, 0.15) is 10.8 Å². The van der Waals surface area contributed by atoms with Gasteiger partial charge in [-0.05, 0) is 19.3 Å². The topological polar surface area (TPSA) is 78.7 Å². The minimum Gasteiger partial charge on any atom is -0.347 e. The fraction of sp³-hybridized carbons (Fsp3) is 0.455. The van der Waals surface area contributed by atoms with E-state index in [-0.39, 0.29) is 28.7 Å². The number of halogens is 1. The number of nitrogens with zero attached hydrogens (tertiary/aromatic N) is 3. The lowest BCUT2D eigenvalue weighted by molar-refractivity contribution is 0.0927. The maximum atomic E-state index is 11.8. The van der Waals surface area contributed by atoms with Crippen LogP contribution in [0.3, 0.4) is 0 Å². The number of carbonyl (C=O) groups is 1. The summed E-state index contributed by atoms with van der Waals surface area (Å²) in [6, 6.07) is 2.12. The van der Waals surface area contributed by atoms with Crippen LogP contribution in [0.15, 0.2) is 12.4 Å². The first-order valence-electron chi connectivity index (χ1n) is 5.38. The molecule has 1 N–H and O–H groups in total. The molecule has 1 aromatic rings. The third-order valence-corrected chi connectivity index (χ3v) is 3.02. The average Bonchev–Trinajstić information content (AvgIpc) is 2.76. The quantitative estimate of drug-likeness (QED) is 0.864. The molecule has 1 saturated carbocycles. The van der Waals surface area contributed by atoms with E-state index >= 15 is 0 Å². The Morgan fingerprint density at radius 2 is 2.35 bits per heavy atom. The smallest absolute Gasteiger partial charge is 0.271 e. The largest absolute Gasteiger partial charge is 0.347 e. The molecule has 1 aliphatic carbocycles. The highest BCUT2D eigenvalue weighted by Crippen LogP contribution is 2.24. The van der Waals surface area contributed by atoms with E-state index in [9.17, 15) is 4.79 Å². The molecular weight excluding hydrogens is 240 g/mol. The maximum Gasteiger partial charge on any atom is 0.271 e. The van der Waals surface area contributed by atoms with Gasteiger partial charge in [-0.3, -0.25) is 9.78 Å².